The summed E-state index contributed by atoms with van der Waals surface area (Å²) in [6.45, 7) is 0. The van der Waals surface area contributed by atoms with E-state index in [1.807, 2.05) is 0 Å². The number of hydrogen-bond acceptors (Lipinski definition) is 0. The van der Waals surface area contributed by atoms with E-state index in [4.69, 9.17) is 0 Å². The van der Waals surface area contributed by atoms with Crippen molar-refractivity contribution in [2.75, 3.05) is 0 Å². The van der Waals surface area contributed by atoms with Crippen molar-refractivity contribution in [3.05, 3.63) is 51.4 Å². The van der Waals surface area contributed by atoms with Crippen molar-refractivity contribution in [1.29, 1.82) is 0 Å². The van der Waals surface area contributed by atoms with Crippen LogP contribution in [0.4, 0.5) is 0 Å². The Balaban J connectivity index is 0. The summed E-state index contributed by atoms with van der Waals surface area (Å²) in [5.41, 5.74) is 0. The van der Waals surface area contributed by atoms with E-state index in [-0.39, 0.29) is 88.2 Å². The van der Waals surface area contributed by atoms with Gasteiger partial charge in [0.05, 0.1) is 0 Å². The van der Waals surface area contributed by atoms with Gasteiger partial charge in [0.25, 0.3) is 0 Å². The van der Waals surface area contributed by atoms with Crippen LogP contribution in [0.2, 0.25) is 0 Å². The second kappa shape index (κ2) is 11.3. The third-order valence-electron chi connectivity index (χ3n) is 3.51. The summed E-state index contributed by atoms with van der Waals surface area (Å²) in [6, 6.07) is 0. The van der Waals surface area contributed by atoms with Crippen molar-refractivity contribution >= 4 is 0 Å². The van der Waals surface area contributed by atoms with E-state index in [1.54, 1.807) is 0 Å². The Morgan fingerprint density at radius 1 is 0.444 bits per heavy atom. The molecule has 18 heavy (non-hydrogen) atoms. The predicted molar refractivity (Wildman–Crippen MR) is 57.6 cm³/mol. The normalized spacial score (nSPS) is 37.3. The first-order chi connectivity index (χ1) is 6.90. The Bertz CT molecular complexity index is 156. The summed E-state index contributed by atoms with van der Waals surface area (Å²) in [7, 11) is 0. The average molecular weight is 823 g/mol. The molecule has 0 unspecified atom stereocenters. The molecule has 4 aliphatic rings. The summed E-state index contributed by atoms with van der Waals surface area (Å²) in [5, 5.41) is 0. The molecule has 0 aromatic carbocycles. The predicted octanol–water partition coefficient (Wildman–Crippen LogP) is -3.09. The van der Waals surface area contributed by atoms with E-state index >= 15 is 0 Å². The molecule has 0 amide bonds. The molecule has 4 rings (SSSR count). The van der Waals surface area contributed by atoms with E-state index in [1.165, 1.54) is 12.8 Å². The molecule has 0 N–H and O–H groups in total. The quantitative estimate of drug-likeness (QED) is 0.228. The van der Waals surface area contributed by atoms with Gasteiger partial charge in [0.15, 0.2) is 0 Å². The Labute approximate surface area is 174 Å². The molecule has 0 aliphatic heterocycles. The van der Waals surface area contributed by atoms with Gasteiger partial charge in [0, 0.05) is 0 Å². The standard InChI is InChI=1S/2C7H8.2HI.2Ir/c2*1-2-7-4-3-6(1)5-7;;;;/h2*1-4,6-7H,5H2;2*1H;;/q;;;;2*+3/p-2. The van der Waals surface area contributed by atoms with Gasteiger partial charge in [-0.3, -0.25) is 0 Å². The second-order valence-electron chi connectivity index (χ2n) is 4.67. The summed E-state index contributed by atoms with van der Waals surface area (Å²) in [5.74, 6) is 3.24. The van der Waals surface area contributed by atoms with E-state index in [0.717, 1.165) is 23.7 Å². The topological polar surface area (TPSA) is 0 Å². The third-order valence-corrected chi connectivity index (χ3v) is 3.51. The smallest absolute Gasteiger partial charge is 1.00 e. The molecular formula is C14H16I2Ir2+4. The molecule has 0 nitrogen and oxygen atoms in total. The molecule has 4 fully saturated rings. The van der Waals surface area contributed by atoms with Crippen molar-refractivity contribution in [2.45, 2.75) is 12.8 Å². The van der Waals surface area contributed by atoms with Crippen molar-refractivity contribution in [3.8, 4) is 0 Å². The van der Waals surface area contributed by atoms with E-state index in [2.05, 4.69) is 51.4 Å². The molecule has 100 valence electrons. The van der Waals surface area contributed by atoms with E-state index in [9.17, 15) is 0 Å². The fourth-order valence-corrected chi connectivity index (χ4v) is 2.66. The summed E-state index contributed by atoms with van der Waals surface area (Å²) in [4.78, 5) is 0. The first kappa shape index (κ1) is 23.0. The van der Waals surface area contributed by atoms with Crippen molar-refractivity contribution in [3.63, 3.8) is 0 Å². The van der Waals surface area contributed by atoms with Crippen molar-refractivity contribution < 1.29 is 88.2 Å². The van der Waals surface area contributed by atoms with Crippen LogP contribution < -0.4 is 48.0 Å². The van der Waals surface area contributed by atoms with Gasteiger partial charge in [-0.05, 0) is 87.9 Å². The molecule has 0 atom stereocenters. The number of rotatable bonds is 0. The maximum atomic E-state index is 2.30. The minimum absolute atomic E-state index is 0. The Hall–Kier alpha value is 2.76. The molecule has 0 spiro atoms. The zero-order chi connectivity index (χ0) is 9.38. The fourth-order valence-electron chi connectivity index (χ4n) is 2.66. The van der Waals surface area contributed by atoms with Crippen LogP contribution in [0.25, 0.3) is 0 Å². The van der Waals surface area contributed by atoms with Crippen LogP contribution in [-0.2, 0) is 40.2 Å². The second-order valence-corrected chi connectivity index (χ2v) is 4.67. The van der Waals surface area contributed by atoms with Gasteiger partial charge >= 0.3 is 40.2 Å². The molecular weight excluding hydrogens is 806 g/mol. The minimum atomic E-state index is 0. The zero-order valence-corrected chi connectivity index (χ0v) is 18.9. The molecule has 0 heterocycles. The minimum Gasteiger partial charge on any atom is -1.00 e. The molecule has 8 radical (unpaired) electrons. The molecule has 4 saturated carbocycles. The summed E-state index contributed by atoms with van der Waals surface area (Å²) >= 11 is 0. The Kier molecular flexibility index (Phi) is 14.5. The monoisotopic (exact) mass is 824 g/mol. The van der Waals surface area contributed by atoms with Crippen LogP contribution in [0.15, 0.2) is 0 Å². The first-order valence-corrected chi connectivity index (χ1v) is 5.63. The van der Waals surface area contributed by atoms with Crippen LogP contribution in [0.3, 0.4) is 0 Å². The maximum absolute atomic E-state index is 2.30. The molecule has 4 heteroatoms. The fraction of sp³-hybridized carbons (Fsp3) is 0.429. The average Bonchev–Trinajstić information content (AvgIpc) is 3.01. The van der Waals surface area contributed by atoms with Crippen molar-refractivity contribution in [2.24, 2.45) is 23.7 Å². The van der Waals surface area contributed by atoms with E-state index < -0.39 is 0 Å². The number of halogens is 2. The van der Waals surface area contributed by atoms with Gasteiger partial charge < -0.3 is 48.0 Å². The van der Waals surface area contributed by atoms with Crippen LogP contribution in [0.5, 0.6) is 0 Å². The summed E-state index contributed by atoms with van der Waals surface area (Å²) in [6.07, 6.45) is 21.1. The zero-order valence-electron chi connectivity index (χ0n) is 9.77. The molecule has 4 aliphatic carbocycles. The number of fused-ring (bicyclic) bond motifs is 4. The SMILES string of the molecule is [CH]1[CH]C2[CH][CH]C1C2.[CH]1[CH]C2[CH][CH]C1C2.[I-].[I-].[Ir+3].[Ir+3]. The van der Waals surface area contributed by atoms with Gasteiger partial charge in [-0.1, -0.05) is 0 Å². The van der Waals surface area contributed by atoms with Gasteiger partial charge in [0.2, 0.25) is 0 Å². The van der Waals surface area contributed by atoms with Crippen molar-refractivity contribution in [1.82, 2.24) is 0 Å². The third kappa shape index (κ3) is 6.25. The van der Waals surface area contributed by atoms with Crippen LogP contribution in [0.1, 0.15) is 12.8 Å². The molecule has 4 bridgehead atoms. The first-order valence-electron chi connectivity index (χ1n) is 5.63. The van der Waals surface area contributed by atoms with Gasteiger partial charge in [-0.2, -0.15) is 0 Å². The summed E-state index contributed by atoms with van der Waals surface area (Å²) < 4.78 is 0. The van der Waals surface area contributed by atoms with E-state index in [0.29, 0.717) is 0 Å². The largest absolute Gasteiger partial charge is 3.00 e. The molecule has 0 aromatic heterocycles. The van der Waals surface area contributed by atoms with Crippen LogP contribution in [-0.4, -0.2) is 0 Å². The number of hydrogen-bond donors (Lipinski definition) is 0. The van der Waals surface area contributed by atoms with Crippen LogP contribution >= 0.6 is 0 Å². The van der Waals surface area contributed by atoms with Gasteiger partial charge in [-0.15, -0.1) is 0 Å². The Morgan fingerprint density at radius 3 is 0.667 bits per heavy atom. The van der Waals surface area contributed by atoms with Gasteiger partial charge in [-0.25, -0.2) is 0 Å². The van der Waals surface area contributed by atoms with Crippen LogP contribution in [0, 0.1) is 75.0 Å². The Morgan fingerprint density at radius 2 is 0.611 bits per heavy atom. The van der Waals surface area contributed by atoms with Gasteiger partial charge in [0.1, 0.15) is 0 Å². The molecule has 0 aromatic rings. The maximum Gasteiger partial charge on any atom is 3.00 e. The molecule has 0 saturated heterocycles.